The lowest BCUT2D eigenvalue weighted by atomic mass is 10.0. The number of esters is 3. The highest BCUT2D eigenvalue weighted by Crippen LogP contribution is 2.17. The highest BCUT2D eigenvalue weighted by Gasteiger charge is 2.19. The van der Waals surface area contributed by atoms with Gasteiger partial charge in [0.25, 0.3) is 0 Å². The predicted molar refractivity (Wildman–Crippen MR) is 330 cm³/mol. The maximum atomic E-state index is 12.9. The van der Waals surface area contributed by atoms with Crippen molar-refractivity contribution in [3.8, 4) is 0 Å². The summed E-state index contributed by atoms with van der Waals surface area (Å²) in [4.78, 5) is 38.3. The molecule has 0 aliphatic heterocycles. The van der Waals surface area contributed by atoms with Crippen molar-refractivity contribution in [3.63, 3.8) is 0 Å². The molecule has 0 rings (SSSR count). The summed E-state index contributed by atoms with van der Waals surface area (Å²) >= 11 is 0. The average Bonchev–Trinajstić information content (AvgIpc) is 3.42. The van der Waals surface area contributed by atoms with E-state index in [-0.39, 0.29) is 31.1 Å². The Morgan fingerprint density at radius 1 is 0.263 bits per heavy atom. The van der Waals surface area contributed by atoms with Gasteiger partial charge in [-0.3, -0.25) is 14.4 Å². The molecule has 442 valence electrons. The maximum Gasteiger partial charge on any atom is 0.306 e. The Labute approximate surface area is 472 Å². The van der Waals surface area contributed by atoms with Gasteiger partial charge in [-0.15, -0.1) is 0 Å². The molecule has 0 saturated carbocycles. The van der Waals surface area contributed by atoms with E-state index >= 15 is 0 Å². The minimum atomic E-state index is -0.782. The molecule has 6 nitrogen and oxygen atoms in total. The summed E-state index contributed by atoms with van der Waals surface area (Å²) in [5, 5.41) is 0. The lowest BCUT2D eigenvalue weighted by Gasteiger charge is -2.18. The SMILES string of the molecule is CCCC/C=C\C/C=C\CCCCCCCC(=O)OCC(COC(=O)CCCCCCCCCCCCCCCCC/C=C\C/C=C\CCCCCCC)OC(=O)CCCCCCCCC/C=C\CCCCCCCC. The van der Waals surface area contributed by atoms with E-state index in [1.165, 1.54) is 225 Å². The molecule has 0 aromatic rings. The number of carbonyl (C=O) groups excluding carboxylic acids is 3. The van der Waals surface area contributed by atoms with Crippen LogP contribution >= 0.6 is 0 Å². The van der Waals surface area contributed by atoms with Gasteiger partial charge >= 0.3 is 17.9 Å². The van der Waals surface area contributed by atoms with Gasteiger partial charge in [-0.25, -0.2) is 0 Å². The van der Waals surface area contributed by atoms with Gasteiger partial charge in [0.15, 0.2) is 6.10 Å². The highest BCUT2D eigenvalue weighted by molar-refractivity contribution is 5.71. The predicted octanol–water partition coefficient (Wildman–Crippen LogP) is 22.7. The Kier molecular flexibility index (Phi) is 62.2. The van der Waals surface area contributed by atoms with Gasteiger partial charge in [0.2, 0.25) is 0 Å². The molecule has 0 spiro atoms. The Balaban J connectivity index is 4.26. The lowest BCUT2D eigenvalue weighted by Crippen LogP contribution is -2.30. The van der Waals surface area contributed by atoms with Crippen molar-refractivity contribution < 1.29 is 28.6 Å². The number of carbonyl (C=O) groups is 3. The smallest absolute Gasteiger partial charge is 0.306 e. The van der Waals surface area contributed by atoms with Crippen molar-refractivity contribution in [1.29, 1.82) is 0 Å². The number of ether oxygens (including phenoxy) is 3. The van der Waals surface area contributed by atoms with Crippen molar-refractivity contribution in [2.45, 2.75) is 354 Å². The first-order valence-electron chi connectivity index (χ1n) is 33.3. The molecular weight excluding hydrogens is 937 g/mol. The van der Waals surface area contributed by atoms with Crippen molar-refractivity contribution >= 4 is 17.9 Å². The summed E-state index contributed by atoms with van der Waals surface area (Å²) in [6.07, 6.45) is 82.3. The van der Waals surface area contributed by atoms with Crippen LogP contribution in [-0.2, 0) is 28.6 Å². The molecular formula is C70H126O6. The fourth-order valence-electron chi connectivity index (χ4n) is 9.66. The zero-order valence-corrected chi connectivity index (χ0v) is 50.8. The van der Waals surface area contributed by atoms with Crippen LogP contribution < -0.4 is 0 Å². The first-order valence-corrected chi connectivity index (χ1v) is 33.3. The van der Waals surface area contributed by atoms with Crippen LogP contribution in [0.4, 0.5) is 0 Å². The first kappa shape index (κ1) is 73.1. The van der Waals surface area contributed by atoms with E-state index in [1.54, 1.807) is 0 Å². The summed E-state index contributed by atoms with van der Waals surface area (Å²) in [5.74, 6) is -0.879. The van der Waals surface area contributed by atoms with Crippen LogP contribution in [-0.4, -0.2) is 37.2 Å². The molecule has 0 bridgehead atoms. The quantitative estimate of drug-likeness (QED) is 0.0261. The highest BCUT2D eigenvalue weighted by atomic mass is 16.6. The Morgan fingerprint density at radius 2 is 0.487 bits per heavy atom. The molecule has 1 atom stereocenters. The Bertz CT molecular complexity index is 1360. The molecule has 0 heterocycles. The average molecular weight is 1060 g/mol. The fraction of sp³-hybridized carbons (Fsp3) is 0.814. The van der Waals surface area contributed by atoms with E-state index in [9.17, 15) is 14.4 Å². The zero-order chi connectivity index (χ0) is 55.0. The van der Waals surface area contributed by atoms with Crippen molar-refractivity contribution in [2.24, 2.45) is 0 Å². The number of unbranched alkanes of at least 4 members (excludes halogenated alkanes) is 40. The van der Waals surface area contributed by atoms with E-state index in [1.807, 2.05) is 0 Å². The van der Waals surface area contributed by atoms with Gasteiger partial charge in [0.05, 0.1) is 0 Å². The molecule has 76 heavy (non-hydrogen) atoms. The number of rotatable bonds is 61. The zero-order valence-electron chi connectivity index (χ0n) is 50.8. The van der Waals surface area contributed by atoms with Gasteiger partial charge in [0.1, 0.15) is 13.2 Å². The van der Waals surface area contributed by atoms with Crippen molar-refractivity contribution in [1.82, 2.24) is 0 Å². The van der Waals surface area contributed by atoms with Crippen LogP contribution in [0.2, 0.25) is 0 Å². The molecule has 0 saturated heterocycles. The second kappa shape index (κ2) is 64.6. The van der Waals surface area contributed by atoms with E-state index in [0.29, 0.717) is 19.3 Å². The Morgan fingerprint density at radius 3 is 0.776 bits per heavy atom. The van der Waals surface area contributed by atoms with E-state index in [0.717, 1.165) is 83.5 Å². The molecule has 6 heteroatoms. The van der Waals surface area contributed by atoms with Gasteiger partial charge in [-0.2, -0.15) is 0 Å². The molecule has 0 aromatic carbocycles. The minimum Gasteiger partial charge on any atom is -0.462 e. The van der Waals surface area contributed by atoms with Gasteiger partial charge in [-0.05, 0) is 103 Å². The number of hydrogen-bond acceptors (Lipinski definition) is 6. The van der Waals surface area contributed by atoms with E-state index in [2.05, 4.69) is 81.5 Å². The third-order valence-corrected chi connectivity index (χ3v) is 14.7. The monoisotopic (exact) mass is 1060 g/mol. The fourth-order valence-corrected chi connectivity index (χ4v) is 9.66. The summed E-state index contributed by atoms with van der Waals surface area (Å²) in [5.41, 5.74) is 0. The number of hydrogen-bond donors (Lipinski definition) is 0. The summed E-state index contributed by atoms with van der Waals surface area (Å²) < 4.78 is 16.9. The van der Waals surface area contributed by atoms with Crippen LogP contribution in [0.1, 0.15) is 348 Å². The number of allylic oxidation sites excluding steroid dienone is 10. The lowest BCUT2D eigenvalue weighted by molar-refractivity contribution is -0.167. The second-order valence-electron chi connectivity index (χ2n) is 22.4. The second-order valence-corrected chi connectivity index (χ2v) is 22.4. The van der Waals surface area contributed by atoms with Crippen LogP contribution in [0.3, 0.4) is 0 Å². The van der Waals surface area contributed by atoms with E-state index in [4.69, 9.17) is 14.2 Å². The van der Waals surface area contributed by atoms with Crippen molar-refractivity contribution in [2.75, 3.05) is 13.2 Å². The molecule has 0 amide bonds. The standard InChI is InChI=1S/C70H126O6/c1-4-7-10-13-16-19-22-25-28-30-31-32-33-34-35-36-37-38-39-41-42-45-48-51-54-57-60-63-69(72)75-66-67(65-74-68(71)62-59-56-53-50-47-44-27-24-21-18-15-12-9-6-3)76-70(73)64-61-58-55-52-49-46-43-40-29-26-23-20-17-14-11-8-5-2/h15,18,22,24-27,29-31,67H,4-14,16-17,19-21,23,28,32-66H2,1-3H3/b18-15-,25-22-,27-24-,29-26-,31-30-. The maximum absolute atomic E-state index is 12.9. The van der Waals surface area contributed by atoms with Crippen LogP contribution in [0.15, 0.2) is 60.8 Å². The third kappa shape index (κ3) is 62.0. The van der Waals surface area contributed by atoms with Crippen LogP contribution in [0, 0.1) is 0 Å². The van der Waals surface area contributed by atoms with Gasteiger partial charge in [0, 0.05) is 19.3 Å². The molecule has 0 aromatic heterocycles. The van der Waals surface area contributed by atoms with Gasteiger partial charge in [-0.1, -0.05) is 287 Å². The minimum absolute atomic E-state index is 0.0781. The molecule has 0 aliphatic rings. The Hall–Kier alpha value is -2.89. The molecule has 0 aliphatic carbocycles. The topological polar surface area (TPSA) is 78.9 Å². The largest absolute Gasteiger partial charge is 0.462 e. The normalized spacial score (nSPS) is 12.4. The summed E-state index contributed by atoms with van der Waals surface area (Å²) in [7, 11) is 0. The summed E-state index contributed by atoms with van der Waals surface area (Å²) in [6, 6.07) is 0. The molecule has 0 N–H and O–H groups in total. The van der Waals surface area contributed by atoms with Crippen molar-refractivity contribution in [3.05, 3.63) is 60.8 Å². The molecule has 1 unspecified atom stereocenters. The molecule has 0 radical (unpaired) electrons. The van der Waals surface area contributed by atoms with Gasteiger partial charge < -0.3 is 14.2 Å². The first-order chi connectivity index (χ1) is 37.5. The van der Waals surface area contributed by atoms with E-state index < -0.39 is 6.10 Å². The third-order valence-electron chi connectivity index (χ3n) is 14.7. The van der Waals surface area contributed by atoms with Crippen LogP contribution in [0.5, 0.6) is 0 Å². The molecule has 0 fully saturated rings. The van der Waals surface area contributed by atoms with Crippen LogP contribution in [0.25, 0.3) is 0 Å². The summed E-state index contributed by atoms with van der Waals surface area (Å²) in [6.45, 7) is 6.61.